The van der Waals surface area contributed by atoms with Crippen molar-refractivity contribution >= 4 is 12.2 Å². The van der Waals surface area contributed by atoms with E-state index in [0.717, 1.165) is 12.1 Å². The van der Waals surface area contributed by atoms with Gasteiger partial charge in [-0.05, 0) is 25.0 Å². The Balaban J connectivity index is 2.95. The molecule has 0 aliphatic carbocycles. The first-order valence-corrected chi connectivity index (χ1v) is 4.79. The fourth-order valence-electron chi connectivity index (χ4n) is 1.41. The third-order valence-electron chi connectivity index (χ3n) is 2.10. The first-order chi connectivity index (χ1) is 6.83. The quantitative estimate of drug-likeness (QED) is 0.530. The molecule has 0 saturated carbocycles. The zero-order valence-corrected chi connectivity index (χ0v) is 8.56. The molecular formula is C11H15NO2. The van der Waals surface area contributed by atoms with Gasteiger partial charge in [-0.3, -0.25) is 4.79 Å². The number of carbonyl (C=O) groups is 1. The molecule has 3 nitrogen and oxygen atoms in total. The van der Waals surface area contributed by atoms with Gasteiger partial charge in [0.15, 0.2) is 0 Å². The van der Waals surface area contributed by atoms with Crippen molar-refractivity contribution in [3.63, 3.8) is 0 Å². The molecule has 0 bridgehead atoms. The first kappa shape index (κ1) is 10.6. The average Bonchev–Trinajstić information content (AvgIpc) is 2.26. The molecule has 0 N–H and O–H groups in total. The summed E-state index contributed by atoms with van der Waals surface area (Å²) in [4.78, 5) is 15.2. The van der Waals surface area contributed by atoms with Crippen LogP contribution in [-0.2, 0) is 16.1 Å². The zero-order valence-electron chi connectivity index (χ0n) is 8.56. The lowest BCUT2D eigenvalue weighted by Crippen LogP contribution is -2.23. The number of hydrogen-bond donors (Lipinski definition) is 0. The number of hydroxylamine groups is 1. The number of carbonyl (C=O) groups excluding carboxylic acids is 1. The maximum Gasteiger partial charge on any atom is 0.320 e. The molecule has 0 spiro atoms. The van der Waals surface area contributed by atoms with Crippen LogP contribution in [0.1, 0.15) is 19.4 Å². The van der Waals surface area contributed by atoms with Crippen LogP contribution in [-0.4, -0.2) is 13.0 Å². The molecule has 3 heteroatoms. The molecule has 0 aromatic heterocycles. The predicted molar refractivity (Wildman–Crippen MR) is 56.0 cm³/mol. The van der Waals surface area contributed by atoms with Crippen LogP contribution in [0.3, 0.4) is 0 Å². The van der Waals surface area contributed by atoms with E-state index in [2.05, 4.69) is 6.92 Å². The third kappa shape index (κ3) is 2.25. The molecule has 0 heterocycles. The van der Waals surface area contributed by atoms with Crippen LogP contribution in [0.25, 0.3) is 0 Å². The second kappa shape index (κ2) is 5.27. The molecule has 0 atom stereocenters. The van der Waals surface area contributed by atoms with Crippen molar-refractivity contribution in [1.29, 1.82) is 0 Å². The number of aryl methyl sites for hydroxylation is 1. The van der Waals surface area contributed by atoms with Crippen LogP contribution >= 0.6 is 0 Å². The fraction of sp³-hybridized carbons (Fsp3) is 0.364. The Kier molecular flexibility index (Phi) is 3.98. The van der Waals surface area contributed by atoms with E-state index in [1.807, 2.05) is 31.2 Å². The van der Waals surface area contributed by atoms with Crippen LogP contribution in [0.4, 0.5) is 5.69 Å². The Bertz CT molecular complexity index is 299. The molecule has 1 rings (SSSR count). The molecule has 0 aliphatic rings. The fourth-order valence-corrected chi connectivity index (χ4v) is 1.41. The minimum Gasteiger partial charge on any atom is -0.344 e. The number of hydrogen-bond acceptors (Lipinski definition) is 3. The molecule has 0 saturated heterocycles. The Morgan fingerprint density at radius 3 is 2.64 bits per heavy atom. The molecule has 14 heavy (non-hydrogen) atoms. The molecule has 0 amide bonds. The number of para-hydroxylation sites is 1. The van der Waals surface area contributed by atoms with E-state index in [0.29, 0.717) is 13.0 Å². The van der Waals surface area contributed by atoms with Gasteiger partial charge in [0.2, 0.25) is 0 Å². The number of rotatable bonds is 5. The highest BCUT2D eigenvalue weighted by molar-refractivity contribution is 5.54. The first-order valence-electron chi connectivity index (χ1n) is 4.79. The molecule has 76 valence electrons. The van der Waals surface area contributed by atoms with Crippen molar-refractivity contribution in [2.45, 2.75) is 20.3 Å². The predicted octanol–water partition coefficient (Wildman–Crippen LogP) is 2.16. The van der Waals surface area contributed by atoms with Crippen LogP contribution < -0.4 is 5.06 Å². The topological polar surface area (TPSA) is 29.5 Å². The van der Waals surface area contributed by atoms with Gasteiger partial charge in [0.25, 0.3) is 0 Å². The largest absolute Gasteiger partial charge is 0.344 e. The van der Waals surface area contributed by atoms with Gasteiger partial charge in [0.05, 0.1) is 12.2 Å². The summed E-state index contributed by atoms with van der Waals surface area (Å²) in [7, 11) is 0. The zero-order chi connectivity index (χ0) is 10.4. The van der Waals surface area contributed by atoms with E-state index in [-0.39, 0.29) is 0 Å². The maximum atomic E-state index is 10.3. The standard InChI is InChI=1S/C11H15NO2/c1-3-10-7-5-6-8-11(10)12(4-2)14-9-13/h5-9H,3-4H2,1-2H3. The van der Waals surface area contributed by atoms with Crippen molar-refractivity contribution in [2.24, 2.45) is 0 Å². The SMILES string of the molecule is CCc1ccccc1N(CC)OC=O. The Morgan fingerprint density at radius 2 is 2.07 bits per heavy atom. The van der Waals surface area contributed by atoms with Gasteiger partial charge in [0, 0.05) is 0 Å². The van der Waals surface area contributed by atoms with Gasteiger partial charge in [-0.25, -0.2) is 5.06 Å². The Hall–Kier alpha value is -1.51. The van der Waals surface area contributed by atoms with E-state index in [1.54, 1.807) is 5.06 Å². The van der Waals surface area contributed by atoms with Crippen LogP contribution in [0.15, 0.2) is 24.3 Å². The van der Waals surface area contributed by atoms with Crippen molar-refractivity contribution < 1.29 is 9.63 Å². The van der Waals surface area contributed by atoms with Crippen molar-refractivity contribution in [3.05, 3.63) is 29.8 Å². The Labute approximate surface area is 84.2 Å². The van der Waals surface area contributed by atoms with Gasteiger partial charge in [-0.15, -0.1) is 0 Å². The number of benzene rings is 1. The van der Waals surface area contributed by atoms with E-state index >= 15 is 0 Å². The molecule has 0 aliphatic heterocycles. The molecular weight excluding hydrogens is 178 g/mol. The van der Waals surface area contributed by atoms with Gasteiger partial charge < -0.3 is 4.84 Å². The van der Waals surface area contributed by atoms with E-state index in [4.69, 9.17) is 4.84 Å². The number of anilines is 1. The van der Waals surface area contributed by atoms with Gasteiger partial charge in [-0.2, -0.15) is 0 Å². The Morgan fingerprint density at radius 1 is 1.36 bits per heavy atom. The lowest BCUT2D eigenvalue weighted by atomic mass is 10.1. The summed E-state index contributed by atoms with van der Waals surface area (Å²) < 4.78 is 0. The van der Waals surface area contributed by atoms with Crippen LogP contribution in [0, 0.1) is 0 Å². The molecule has 0 unspecified atom stereocenters. The highest BCUT2D eigenvalue weighted by Crippen LogP contribution is 2.20. The summed E-state index contributed by atoms with van der Waals surface area (Å²) >= 11 is 0. The lowest BCUT2D eigenvalue weighted by Gasteiger charge is -2.21. The van der Waals surface area contributed by atoms with Crippen LogP contribution in [0.2, 0.25) is 0 Å². The van der Waals surface area contributed by atoms with Crippen molar-refractivity contribution in [1.82, 2.24) is 0 Å². The summed E-state index contributed by atoms with van der Waals surface area (Å²) in [6, 6.07) is 7.90. The second-order valence-electron chi connectivity index (χ2n) is 2.88. The lowest BCUT2D eigenvalue weighted by molar-refractivity contribution is -0.130. The van der Waals surface area contributed by atoms with E-state index in [9.17, 15) is 4.79 Å². The summed E-state index contributed by atoms with van der Waals surface area (Å²) in [5.74, 6) is 0. The minimum absolute atomic E-state index is 0.454. The second-order valence-corrected chi connectivity index (χ2v) is 2.88. The normalized spacial score (nSPS) is 9.57. The smallest absolute Gasteiger partial charge is 0.320 e. The van der Waals surface area contributed by atoms with E-state index in [1.165, 1.54) is 5.56 Å². The minimum atomic E-state index is 0.454. The summed E-state index contributed by atoms with van der Waals surface area (Å²) in [6.45, 7) is 5.12. The summed E-state index contributed by atoms with van der Waals surface area (Å²) in [5.41, 5.74) is 2.14. The molecule has 1 aromatic carbocycles. The molecule has 1 aromatic rings. The maximum absolute atomic E-state index is 10.3. The average molecular weight is 193 g/mol. The highest BCUT2D eigenvalue weighted by Gasteiger charge is 2.08. The van der Waals surface area contributed by atoms with Gasteiger partial charge >= 0.3 is 6.47 Å². The summed E-state index contributed by atoms with van der Waals surface area (Å²) in [5, 5.41) is 1.59. The van der Waals surface area contributed by atoms with Crippen LogP contribution in [0.5, 0.6) is 0 Å². The number of nitrogens with zero attached hydrogens (tertiary/aromatic N) is 1. The van der Waals surface area contributed by atoms with Crippen molar-refractivity contribution in [2.75, 3.05) is 11.6 Å². The van der Waals surface area contributed by atoms with Crippen molar-refractivity contribution in [3.8, 4) is 0 Å². The highest BCUT2D eigenvalue weighted by atomic mass is 16.7. The van der Waals surface area contributed by atoms with Gasteiger partial charge in [0.1, 0.15) is 0 Å². The van der Waals surface area contributed by atoms with E-state index < -0.39 is 0 Å². The molecule has 0 fully saturated rings. The monoisotopic (exact) mass is 193 g/mol. The third-order valence-corrected chi connectivity index (χ3v) is 2.10. The molecule has 0 radical (unpaired) electrons. The van der Waals surface area contributed by atoms with Gasteiger partial charge in [-0.1, -0.05) is 25.1 Å². The summed E-state index contributed by atoms with van der Waals surface area (Å²) in [6.07, 6.45) is 0.925.